The van der Waals surface area contributed by atoms with E-state index in [0.29, 0.717) is 0 Å². The van der Waals surface area contributed by atoms with Crippen LogP contribution in [-0.4, -0.2) is 25.1 Å². The first-order valence-corrected chi connectivity index (χ1v) is 3.11. The Morgan fingerprint density at radius 3 is 2.56 bits per heavy atom. The smallest absolute Gasteiger partial charge is 0.106 e. The molecule has 0 saturated carbocycles. The zero-order valence-corrected chi connectivity index (χ0v) is 5.94. The number of aliphatic hydroxyl groups is 1. The van der Waals surface area contributed by atoms with Crippen LogP contribution in [0.15, 0.2) is 0 Å². The van der Waals surface area contributed by atoms with Crippen LogP contribution in [0.25, 0.3) is 0 Å². The van der Waals surface area contributed by atoms with E-state index in [1.807, 2.05) is 14.0 Å². The minimum atomic E-state index is -0.0435. The summed E-state index contributed by atoms with van der Waals surface area (Å²) in [7, 11) is 1.86. The van der Waals surface area contributed by atoms with Crippen molar-refractivity contribution in [1.29, 1.82) is 0 Å². The average molecular weight is 133 g/mol. The molecule has 0 aromatic rings. The van der Waals surface area contributed by atoms with Gasteiger partial charge in [-0.3, -0.25) is 0 Å². The Morgan fingerprint density at radius 1 is 1.56 bits per heavy atom. The van der Waals surface area contributed by atoms with Crippen molar-refractivity contribution in [2.75, 3.05) is 13.8 Å². The van der Waals surface area contributed by atoms with Gasteiger partial charge in [0.2, 0.25) is 0 Å². The van der Waals surface area contributed by atoms with Crippen LogP contribution in [-0.2, 0) is 0 Å². The third-order valence-electron chi connectivity index (χ3n) is 1.11. The summed E-state index contributed by atoms with van der Waals surface area (Å²) in [6.07, 6.45) is 1.21. The summed E-state index contributed by atoms with van der Waals surface area (Å²) < 4.78 is 0. The van der Waals surface area contributed by atoms with Gasteiger partial charge in [-0.1, -0.05) is 6.92 Å². The molecule has 9 heavy (non-hydrogen) atoms. The molecule has 0 bridgehead atoms. The molecule has 0 amide bonds. The molecule has 0 aliphatic carbocycles. The molecule has 0 aliphatic rings. The number of nitrogens with one attached hydrogen (secondary N) is 3. The van der Waals surface area contributed by atoms with Gasteiger partial charge in [-0.15, -0.1) is 0 Å². The van der Waals surface area contributed by atoms with Gasteiger partial charge in [-0.05, 0) is 13.5 Å². The Balaban J connectivity index is 3.09. The molecule has 0 aromatic heterocycles. The van der Waals surface area contributed by atoms with Crippen molar-refractivity contribution in [3.8, 4) is 0 Å². The third-order valence-corrected chi connectivity index (χ3v) is 1.11. The molecule has 1 unspecified atom stereocenters. The zero-order valence-electron chi connectivity index (χ0n) is 5.94. The van der Waals surface area contributed by atoms with Crippen molar-refractivity contribution < 1.29 is 5.11 Å². The lowest BCUT2D eigenvalue weighted by molar-refractivity contribution is 0.218. The normalized spacial score (nSPS) is 13.7. The molecule has 0 fully saturated rings. The van der Waals surface area contributed by atoms with Gasteiger partial charge in [0, 0.05) is 0 Å². The number of hydrogen-bond donors (Lipinski definition) is 4. The van der Waals surface area contributed by atoms with Gasteiger partial charge in [-0.2, -0.15) is 0 Å². The molecule has 1 atom stereocenters. The minimum absolute atomic E-state index is 0.0435. The molecule has 4 heteroatoms. The van der Waals surface area contributed by atoms with Crippen LogP contribution in [0.4, 0.5) is 0 Å². The molecular formula is C5H15N3O. The van der Waals surface area contributed by atoms with E-state index >= 15 is 0 Å². The molecule has 0 spiro atoms. The standard InChI is InChI=1S/C5H15N3O/c1-3-5(6-2)8-7-4-9/h5-9H,3-4H2,1-2H3. The van der Waals surface area contributed by atoms with Gasteiger partial charge in [-0.25, -0.2) is 10.9 Å². The number of rotatable bonds is 5. The van der Waals surface area contributed by atoms with Gasteiger partial charge in [0.25, 0.3) is 0 Å². The van der Waals surface area contributed by atoms with E-state index in [0.717, 1.165) is 6.42 Å². The molecule has 0 radical (unpaired) electrons. The largest absolute Gasteiger partial charge is 0.380 e. The average Bonchev–Trinajstić information content (AvgIpc) is 1.91. The maximum absolute atomic E-state index is 8.30. The fourth-order valence-corrected chi connectivity index (χ4v) is 0.547. The van der Waals surface area contributed by atoms with E-state index in [2.05, 4.69) is 16.2 Å². The van der Waals surface area contributed by atoms with Gasteiger partial charge in [0.15, 0.2) is 0 Å². The molecule has 56 valence electrons. The first kappa shape index (κ1) is 8.84. The fourth-order valence-electron chi connectivity index (χ4n) is 0.547. The van der Waals surface area contributed by atoms with Crippen LogP contribution in [0.2, 0.25) is 0 Å². The van der Waals surface area contributed by atoms with E-state index in [1.54, 1.807) is 0 Å². The van der Waals surface area contributed by atoms with Crippen molar-refractivity contribution in [3.05, 3.63) is 0 Å². The summed E-state index contributed by atoms with van der Waals surface area (Å²) in [5.41, 5.74) is 5.45. The Labute approximate surface area is 55.6 Å². The summed E-state index contributed by atoms with van der Waals surface area (Å²) in [6.45, 7) is 2.01. The van der Waals surface area contributed by atoms with Crippen LogP contribution >= 0.6 is 0 Å². The second-order valence-electron chi connectivity index (χ2n) is 1.73. The summed E-state index contributed by atoms with van der Waals surface area (Å²) in [5, 5.41) is 11.3. The van der Waals surface area contributed by atoms with E-state index in [9.17, 15) is 0 Å². The highest BCUT2D eigenvalue weighted by atomic mass is 16.3. The predicted molar refractivity (Wildman–Crippen MR) is 36.5 cm³/mol. The second kappa shape index (κ2) is 5.97. The highest BCUT2D eigenvalue weighted by Gasteiger charge is 1.97. The zero-order chi connectivity index (χ0) is 7.11. The molecule has 0 aromatic carbocycles. The van der Waals surface area contributed by atoms with Gasteiger partial charge < -0.3 is 10.4 Å². The summed E-state index contributed by atoms with van der Waals surface area (Å²) in [6, 6.07) is 0. The van der Waals surface area contributed by atoms with Crippen molar-refractivity contribution in [2.45, 2.75) is 19.5 Å². The van der Waals surface area contributed by atoms with Crippen molar-refractivity contribution in [3.63, 3.8) is 0 Å². The summed E-state index contributed by atoms with van der Waals surface area (Å²) in [5.74, 6) is 0. The molecule has 0 saturated heterocycles. The summed E-state index contributed by atoms with van der Waals surface area (Å²) >= 11 is 0. The van der Waals surface area contributed by atoms with Gasteiger partial charge in [0.1, 0.15) is 6.73 Å². The summed E-state index contributed by atoms with van der Waals surface area (Å²) in [4.78, 5) is 0. The Bertz CT molecular complexity index is 56.2. The molecule has 0 heterocycles. The Hall–Kier alpha value is -0.160. The molecule has 4 nitrogen and oxygen atoms in total. The molecule has 0 rings (SSSR count). The number of hydrogen-bond acceptors (Lipinski definition) is 4. The second-order valence-corrected chi connectivity index (χ2v) is 1.73. The van der Waals surface area contributed by atoms with E-state index in [1.165, 1.54) is 0 Å². The molecular weight excluding hydrogens is 118 g/mol. The maximum atomic E-state index is 8.30. The lowest BCUT2D eigenvalue weighted by Crippen LogP contribution is -2.47. The lowest BCUT2D eigenvalue weighted by atomic mass is 10.4. The quantitative estimate of drug-likeness (QED) is 0.286. The monoisotopic (exact) mass is 133 g/mol. The Morgan fingerprint density at radius 2 is 2.22 bits per heavy atom. The first-order chi connectivity index (χ1) is 4.35. The van der Waals surface area contributed by atoms with Crippen LogP contribution in [0.1, 0.15) is 13.3 Å². The number of aliphatic hydroxyl groups excluding tert-OH is 1. The first-order valence-electron chi connectivity index (χ1n) is 3.11. The Kier molecular flexibility index (Phi) is 5.86. The highest BCUT2D eigenvalue weighted by molar-refractivity contribution is 4.52. The van der Waals surface area contributed by atoms with Crippen LogP contribution in [0.3, 0.4) is 0 Å². The van der Waals surface area contributed by atoms with Crippen LogP contribution in [0.5, 0.6) is 0 Å². The fraction of sp³-hybridized carbons (Fsp3) is 1.00. The third kappa shape index (κ3) is 4.35. The van der Waals surface area contributed by atoms with Crippen LogP contribution < -0.4 is 16.2 Å². The lowest BCUT2D eigenvalue weighted by Gasteiger charge is -2.14. The van der Waals surface area contributed by atoms with Crippen molar-refractivity contribution >= 4 is 0 Å². The molecule has 0 aliphatic heterocycles. The van der Waals surface area contributed by atoms with E-state index < -0.39 is 0 Å². The minimum Gasteiger partial charge on any atom is -0.380 e. The van der Waals surface area contributed by atoms with Crippen molar-refractivity contribution in [1.82, 2.24) is 16.2 Å². The van der Waals surface area contributed by atoms with E-state index in [-0.39, 0.29) is 12.9 Å². The van der Waals surface area contributed by atoms with Gasteiger partial charge >= 0.3 is 0 Å². The molecule has 4 N–H and O–H groups in total. The predicted octanol–water partition coefficient (Wildman–Crippen LogP) is -1.01. The van der Waals surface area contributed by atoms with E-state index in [4.69, 9.17) is 5.11 Å². The maximum Gasteiger partial charge on any atom is 0.106 e. The number of hydrazine groups is 1. The SMILES string of the molecule is CCC(NC)NNCO. The van der Waals surface area contributed by atoms with Crippen LogP contribution in [0, 0.1) is 0 Å². The van der Waals surface area contributed by atoms with Crippen molar-refractivity contribution in [2.24, 2.45) is 0 Å². The van der Waals surface area contributed by atoms with Gasteiger partial charge in [0.05, 0.1) is 6.17 Å². The topological polar surface area (TPSA) is 56.3 Å². The highest BCUT2D eigenvalue weighted by Crippen LogP contribution is 1.79.